The van der Waals surface area contributed by atoms with E-state index in [1.54, 1.807) is 0 Å². The van der Waals surface area contributed by atoms with Crippen molar-refractivity contribution in [1.82, 2.24) is 0 Å². The summed E-state index contributed by atoms with van der Waals surface area (Å²) in [5, 5.41) is 0. The highest BCUT2D eigenvalue weighted by atomic mass is 35.6. The standard InChI is InChI=1S/C8H13Cl3/c1-6-4-2-3-5-7(6)8(9,10)11/h6-7H,2-5H2,1H3. The van der Waals surface area contributed by atoms with Crippen LogP contribution in [0.1, 0.15) is 32.6 Å². The maximum atomic E-state index is 5.84. The van der Waals surface area contributed by atoms with Crippen LogP contribution in [0.5, 0.6) is 0 Å². The predicted molar refractivity (Wildman–Crippen MR) is 51.4 cm³/mol. The lowest BCUT2D eigenvalue weighted by atomic mass is 9.81. The van der Waals surface area contributed by atoms with Gasteiger partial charge in [-0.3, -0.25) is 0 Å². The Morgan fingerprint density at radius 2 is 1.64 bits per heavy atom. The fraction of sp³-hybridized carbons (Fsp3) is 1.00. The van der Waals surface area contributed by atoms with Crippen LogP contribution in [0.3, 0.4) is 0 Å². The Morgan fingerprint density at radius 1 is 1.09 bits per heavy atom. The van der Waals surface area contributed by atoms with Gasteiger partial charge in [0.25, 0.3) is 0 Å². The van der Waals surface area contributed by atoms with Crippen molar-refractivity contribution in [2.45, 2.75) is 36.4 Å². The molecule has 0 aromatic rings. The first-order valence-electron chi connectivity index (χ1n) is 4.08. The van der Waals surface area contributed by atoms with Crippen molar-refractivity contribution < 1.29 is 0 Å². The van der Waals surface area contributed by atoms with Gasteiger partial charge in [-0.25, -0.2) is 0 Å². The van der Waals surface area contributed by atoms with Crippen molar-refractivity contribution in [1.29, 1.82) is 0 Å². The van der Waals surface area contributed by atoms with Gasteiger partial charge in [0.2, 0.25) is 0 Å². The first-order valence-corrected chi connectivity index (χ1v) is 5.22. The Morgan fingerprint density at radius 3 is 2.00 bits per heavy atom. The van der Waals surface area contributed by atoms with Crippen molar-refractivity contribution in [3.63, 3.8) is 0 Å². The van der Waals surface area contributed by atoms with Crippen LogP contribution in [0, 0.1) is 11.8 Å². The van der Waals surface area contributed by atoms with Gasteiger partial charge in [0, 0.05) is 5.92 Å². The monoisotopic (exact) mass is 214 g/mol. The third-order valence-corrected chi connectivity index (χ3v) is 3.37. The first-order chi connectivity index (χ1) is 5.02. The number of alkyl halides is 3. The van der Waals surface area contributed by atoms with E-state index >= 15 is 0 Å². The lowest BCUT2D eigenvalue weighted by Crippen LogP contribution is -2.28. The average molecular weight is 216 g/mol. The summed E-state index contributed by atoms with van der Waals surface area (Å²) in [6, 6.07) is 0. The summed E-state index contributed by atoms with van der Waals surface area (Å²) >= 11 is 17.5. The largest absolute Gasteiger partial charge is 0.193 e. The maximum Gasteiger partial charge on any atom is 0.193 e. The van der Waals surface area contributed by atoms with Crippen molar-refractivity contribution in [2.24, 2.45) is 11.8 Å². The third-order valence-electron chi connectivity index (χ3n) is 2.53. The zero-order valence-corrected chi connectivity index (χ0v) is 8.88. The third kappa shape index (κ3) is 2.68. The first kappa shape index (κ1) is 9.95. The molecule has 2 unspecified atom stereocenters. The van der Waals surface area contributed by atoms with E-state index in [1.807, 2.05) is 0 Å². The Labute approximate surface area is 83.2 Å². The molecule has 0 N–H and O–H groups in total. The summed E-state index contributed by atoms with van der Waals surface area (Å²) in [4.78, 5) is 0. The molecule has 0 aliphatic heterocycles. The topological polar surface area (TPSA) is 0 Å². The van der Waals surface area contributed by atoms with Gasteiger partial charge >= 0.3 is 0 Å². The van der Waals surface area contributed by atoms with Crippen molar-refractivity contribution in [3.8, 4) is 0 Å². The SMILES string of the molecule is CC1CCCCC1C(Cl)(Cl)Cl. The van der Waals surface area contributed by atoms with E-state index in [1.165, 1.54) is 19.3 Å². The summed E-state index contributed by atoms with van der Waals surface area (Å²) in [6.45, 7) is 2.17. The molecule has 0 aromatic heterocycles. The number of hydrogen-bond donors (Lipinski definition) is 0. The second-order valence-corrected chi connectivity index (χ2v) is 5.78. The molecule has 0 amide bonds. The highest BCUT2D eigenvalue weighted by molar-refractivity contribution is 6.67. The van der Waals surface area contributed by atoms with E-state index in [4.69, 9.17) is 34.8 Å². The molecule has 66 valence electrons. The van der Waals surface area contributed by atoms with E-state index in [-0.39, 0.29) is 5.92 Å². The van der Waals surface area contributed by atoms with Crippen LogP contribution in [-0.2, 0) is 0 Å². The summed E-state index contributed by atoms with van der Waals surface area (Å²) in [6.07, 6.45) is 4.78. The minimum absolute atomic E-state index is 0.265. The van der Waals surface area contributed by atoms with Gasteiger partial charge in [-0.05, 0) is 12.3 Å². The number of halogens is 3. The Bertz CT molecular complexity index is 128. The van der Waals surface area contributed by atoms with E-state index in [9.17, 15) is 0 Å². The zero-order chi connectivity index (χ0) is 8.48. The highest BCUT2D eigenvalue weighted by Gasteiger charge is 2.37. The quantitative estimate of drug-likeness (QED) is 0.532. The molecule has 11 heavy (non-hydrogen) atoms. The number of rotatable bonds is 0. The summed E-state index contributed by atoms with van der Waals surface area (Å²) in [5.74, 6) is 0.831. The molecule has 0 radical (unpaired) electrons. The van der Waals surface area contributed by atoms with Crippen LogP contribution in [-0.4, -0.2) is 3.79 Å². The molecular formula is C8H13Cl3. The summed E-state index contributed by atoms with van der Waals surface area (Å²) < 4.78 is -1.04. The molecule has 1 saturated carbocycles. The lowest BCUT2D eigenvalue weighted by molar-refractivity contribution is 0.259. The second kappa shape index (κ2) is 3.72. The Hall–Kier alpha value is 0.870. The maximum absolute atomic E-state index is 5.84. The molecule has 1 aliphatic carbocycles. The molecule has 3 heteroatoms. The van der Waals surface area contributed by atoms with Crippen LogP contribution < -0.4 is 0 Å². The normalized spacial score (nSPS) is 33.8. The Balaban J connectivity index is 2.55. The van der Waals surface area contributed by atoms with E-state index < -0.39 is 3.79 Å². The molecule has 1 aliphatic rings. The van der Waals surface area contributed by atoms with Gasteiger partial charge in [-0.2, -0.15) is 0 Å². The van der Waals surface area contributed by atoms with Gasteiger partial charge < -0.3 is 0 Å². The fourth-order valence-electron chi connectivity index (χ4n) is 1.80. The molecule has 0 spiro atoms. The smallest absolute Gasteiger partial charge is 0.0834 e. The minimum Gasteiger partial charge on any atom is -0.0834 e. The van der Waals surface area contributed by atoms with Crippen LogP contribution in [0.2, 0.25) is 0 Å². The van der Waals surface area contributed by atoms with Crippen molar-refractivity contribution in [2.75, 3.05) is 0 Å². The van der Waals surface area contributed by atoms with Gasteiger partial charge in [0.05, 0.1) is 0 Å². The van der Waals surface area contributed by atoms with Gasteiger partial charge in [-0.1, -0.05) is 61.0 Å². The molecule has 0 nitrogen and oxygen atoms in total. The molecule has 0 saturated heterocycles. The Kier molecular flexibility index (Phi) is 3.37. The summed E-state index contributed by atoms with van der Waals surface area (Å²) in [5.41, 5.74) is 0. The average Bonchev–Trinajstić information content (AvgIpc) is 1.86. The zero-order valence-electron chi connectivity index (χ0n) is 6.62. The molecule has 0 heterocycles. The summed E-state index contributed by atoms with van der Waals surface area (Å²) in [7, 11) is 0. The van der Waals surface area contributed by atoms with Gasteiger partial charge in [0.15, 0.2) is 3.79 Å². The molecule has 0 aromatic carbocycles. The van der Waals surface area contributed by atoms with Gasteiger partial charge in [0.1, 0.15) is 0 Å². The van der Waals surface area contributed by atoms with E-state index in [0.29, 0.717) is 5.92 Å². The van der Waals surface area contributed by atoms with Crippen molar-refractivity contribution >= 4 is 34.8 Å². The molecule has 1 rings (SSSR count). The molecule has 2 atom stereocenters. The molecule has 0 bridgehead atoms. The second-order valence-electron chi connectivity index (χ2n) is 3.41. The molecular weight excluding hydrogens is 202 g/mol. The highest BCUT2D eigenvalue weighted by Crippen LogP contribution is 2.45. The molecule has 1 fully saturated rings. The number of hydrogen-bond acceptors (Lipinski definition) is 0. The van der Waals surface area contributed by atoms with Crippen LogP contribution >= 0.6 is 34.8 Å². The van der Waals surface area contributed by atoms with E-state index in [2.05, 4.69) is 6.92 Å². The fourth-order valence-corrected chi connectivity index (χ4v) is 2.78. The van der Waals surface area contributed by atoms with Crippen LogP contribution in [0.4, 0.5) is 0 Å². The predicted octanol–water partition coefficient (Wildman–Crippen LogP) is 4.18. The van der Waals surface area contributed by atoms with Gasteiger partial charge in [-0.15, -0.1) is 0 Å². The minimum atomic E-state index is -1.04. The van der Waals surface area contributed by atoms with Crippen molar-refractivity contribution in [3.05, 3.63) is 0 Å². The lowest BCUT2D eigenvalue weighted by Gasteiger charge is -2.33. The van der Waals surface area contributed by atoms with Crippen LogP contribution in [0.15, 0.2) is 0 Å². The van der Waals surface area contributed by atoms with E-state index in [0.717, 1.165) is 6.42 Å². The van der Waals surface area contributed by atoms with Crippen LogP contribution in [0.25, 0.3) is 0 Å².